The fourth-order valence-electron chi connectivity index (χ4n) is 1.35. The lowest BCUT2D eigenvalue weighted by Gasteiger charge is -2.10. The van der Waals surface area contributed by atoms with E-state index in [1.54, 1.807) is 25.5 Å². The van der Waals surface area contributed by atoms with E-state index >= 15 is 0 Å². The topological polar surface area (TPSA) is 67.8 Å². The summed E-state index contributed by atoms with van der Waals surface area (Å²) in [4.78, 5) is 9.64. The van der Waals surface area contributed by atoms with E-state index in [9.17, 15) is 0 Å². The summed E-state index contributed by atoms with van der Waals surface area (Å²) in [6, 6.07) is 0. The van der Waals surface area contributed by atoms with Gasteiger partial charge in [-0.3, -0.25) is 4.99 Å². The summed E-state index contributed by atoms with van der Waals surface area (Å²) in [5.74, 6) is 0.753. The molecule has 0 spiro atoms. The molecular formula is C12H22N4O2S. The van der Waals surface area contributed by atoms with Gasteiger partial charge in [-0.15, -0.1) is 11.3 Å². The zero-order valence-corrected chi connectivity index (χ0v) is 12.5. The molecular weight excluding hydrogens is 264 g/mol. The summed E-state index contributed by atoms with van der Waals surface area (Å²) in [5, 5.41) is 7.43. The third-order valence-corrected chi connectivity index (χ3v) is 3.18. The van der Waals surface area contributed by atoms with Crippen LogP contribution >= 0.6 is 11.3 Å². The molecule has 0 saturated carbocycles. The number of hydrogen-bond donors (Lipinski definition) is 2. The largest absolute Gasteiger partial charge is 0.382 e. The number of aryl methyl sites for hydroxylation is 1. The predicted octanol–water partition coefficient (Wildman–Crippen LogP) is 0.780. The van der Waals surface area contributed by atoms with E-state index in [1.807, 2.05) is 13.1 Å². The fraction of sp³-hybridized carbons (Fsp3) is 0.667. The van der Waals surface area contributed by atoms with Crippen molar-refractivity contribution in [2.24, 2.45) is 4.99 Å². The number of guanidine groups is 1. The van der Waals surface area contributed by atoms with Crippen LogP contribution in [0, 0.1) is 6.92 Å². The molecule has 1 aromatic heterocycles. The number of nitrogens with one attached hydrogen (secondary N) is 2. The van der Waals surface area contributed by atoms with Crippen molar-refractivity contribution in [2.75, 3.05) is 40.5 Å². The summed E-state index contributed by atoms with van der Waals surface area (Å²) in [7, 11) is 3.40. The Labute approximate surface area is 118 Å². The Morgan fingerprint density at radius 3 is 2.84 bits per heavy atom. The molecule has 1 heterocycles. The first kappa shape index (κ1) is 15.9. The monoisotopic (exact) mass is 286 g/mol. The minimum atomic E-state index is 0.614. The van der Waals surface area contributed by atoms with Crippen LogP contribution in [-0.2, 0) is 16.0 Å². The zero-order chi connectivity index (χ0) is 13.9. The Hall–Kier alpha value is -1.18. The molecule has 1 rings (SSSR count). The molecule has 19 heavy (non-hydrogen) atoms. The molecule has 6 nitrogen and oxygen atoms in total. The van der Waals surface area contributed by atoms with Crippen LogP contribution < -0.4 is 10.6 Å². The third-order valence-electron chi connectivity index (χ3n) is 2.27. The summed E-state index contributed by atoms with van der Waals surface area (Å²) in [6.45, 7) is 5.30. The van der Waals surface area contributed by atoms with Gasteiger partial charge in [-0.05, 0) is 6.92 Å². The van der Waals surface area contributed by atoms with E-state index in [2.05, 4.69) is 20.6 Å². The van der Waals surface area contributed by atoms with Crippen LogP contribution in [0.3, 0.4) is 0 Å². The minimum Gasteiger partial charge on any atom is -0.382 e. The SMILES string of the molecule is CN=C(NCCOCCOC)NCc1ncc(C)s1. The molecule has 0 aliphatic heterocycles. The Kier molecular flexibility index (Phi) is 8.11. The number of thiazole rings is 1. The summed E-state index contributed by atoms with van der Waals surface area (Å²) in [6.07, 6.45) is 1.88. The average molecular weight is 286 g/mol. The van der Waals surface area contributed by atoms with Crippen LogP contribution in [0.2, 0.25) is 0 Å². The first-order valence-corrected chi connectivity index (χ1v) is 7.00. The zero-order valence-electron chi connectivity index (χ0n) is 11.7. The summed E-state index contributed by atoms with van der Waals surface area (Å²) < 4.78 is 10.2. The summed E-state index contributed by atoms with van der Waals surface area (Å²) >= 11 is 1.68. The first-order valence-electron chi connectivity index (χ1n) is 6.18. The van der Waals surface area contributed by atoms with Gasteiger partial charge in [0.25, 0.3) is 0 Å². The van der Waals surface area contributed by atoms with Gasteiger partial charge >= 0.3 is 0 Å². The molecule has 7 heteroatoms. The van der Waals surface area contributed by atoms with Crippen molar-refractivity contribution in [1.29, 1.82) is 0 Å². The molecule has 0 aromatic carbocycles. The van der Waals surface area contributed by atoms with Gasteiger partial charge in [0.15, 0.2) is 5.96 Å². The molecule has 0 atom stereocenters. The van der Waals surface area contributed by atoms with Gasteiger partial charge in [-0.2, -0.15) is 0 Å². The van der Waals surface area contributed by atoms with Crippen LogP contribution in [0.4, 0.5) is 0 Å². The molecule has 0 saturated heterocycles. The van der Waals surface area contributed by atoms with Gasteiger partial charge in [-0.25, -0.2) is 4.98 Å². The van der Waals surface area contributed by atoms with Crippen LogP contribution in [-0.4, -0.2) is 51.5 Å². The first-order chi connectivity index (χ1) is 9.26. The van der Waals surface area contributed by atoms with Crippen LogP contribution in [0.15, 0.2) is 11.2 Å². The van der Waals surface area contributed by atoms with E-state index in [0.717, 1.165) is 11.0 Å². The second kappa shape index (κ2) is 9.71. The normalized spacial score (nSPS) is 11.6. The van der Waals surface area contributed by atoms with E-state index in [4.69, 9.17) is 9.47 Å². The lowest BCUT2D eigenvalue weighted by atomic mass is 10.6. The van der Waals surface area contributed by atoms with Gasteiger partial charge in [0.05, 0.1) is 26.4 Å². The van der Waals surface area contributed by atoms with Crippen molar-refractivity contribution in [2.45, 2.75) is 13.5 Å². The Morgan fingerprint density at radius 1 is 1.37 bits per heavy atom. The molecule has 2 N–H and O–H groups in total. The van der Waals surface area contributed by atoms with Crippen LogP contribution in [0.5, 0.6) is 0 Å². The van der Waals surface area contributed by atoms with Gasteiger partial charge in [0, 0.05) is 31.8 Å². The van der Waals surface area contributed by atoms with Gasteiger partial charge < -0.3 is 20.1 Å². The average Bonchev–Trinajstić information content (AvgIpc) is 2.83. The highest BCUT2D eigenvalue weighted by Gasteiger charge is 2.01. The van der Waals surface area contributed by atoms with Crippen LogP contribution in [0.25, 0.3) is 0 Å². The van der Waals surface area contributed by atoms with Gasteiger partial charge in [-0.1, -0.05) is 0 Å². The van der Waals surface area contributed by atoms with E-state index < -0.39 is 0 Å². The molecule has 0 fully saturated rings. The molecule has 0 bridgehead atoms. The molecule has 0 amide bonds. The van der Waals surface area contributed by atoms with E-state index in [1.165, 1.54) is 4.88 Å². The molecule has 1 aromatic rings. The lowest BCUT2D eigenvalue weighted by molar-refractivity contribution is 0.0733. The highest BCUT2D eigenvalue weighted by molar-refractivity contribution is 7.11. The highest BCUT2D eigenvalue weighted by Crippen LogP contribution is 2.10. The number of ether oxygens (including phenoxy) is 2. The van der Waals surface area contributed by atoms with Gasteiger partial charge in [0.1, 0.15) is 5.01 Å². The number of rotatable bonds is 8. The Morgan fingerprint density at radius 2 is 2.21 bits per heavy atom. The lowest BCUT2D eigenvalue weighted by Crippen LogP contribution is -2.38. The number of nitrogens with zero attached hydrogens (tertiary/aromatic N) is 2. The molecule has 0 aliphatic rings. The highest BCUT2D eigenvalue weighted by atomic mass is 32.1. The van der Waals surface area contributed by atoms with Crippen molar-refractivity contribution < 1.29 is 9.47 Å². The van der Waals surface area contributed by atoms with Gasteiger partial charge in [0.2, 0.25) is 0 Å². The quantitative estimate of drug-likeness (QED) is 0.420. The maximum atomic E-state index is 5.35. The Balaban J connectivity index is 2.12. The predicted molar refractivity (Wildman–Crippen MR) is 77.7 cm³/mol. The second-order valence-electron chi connectivity index (χ2n) is 3.82. The number of hydrogen-bond acceptors (Lipinski definition) is 5. The summed E-state index contributed by atoms with van der Waals surface area (Å²) in [5.41, 5.74) is 0. The fourth-order valence-corrected chi connectivity index (χ4v) is 2.08. The second-order valence-corrected chi connectivity index (χ2v) is 5.14. The van der Waals surface area contributed by atoms with Crippen molar-refractivity contribution in [3.63, 3.8) is 0 Å². The molecule has 0 radical (unpaired) electrons. The third kappa shape index (κ3) is 7.09. The smallest absolute Gasteiger partial charge is 0.191 e. The standard InChI is InChI=1S/C12H22N4O2S/c1-10-8-15-11(19-10)9-16-12(13-2)14-4-5-18-7-6-17-3/h8H,4-7,9H2,1-3H3,(H2,13,14,16). The van der Waals surface area contributed by atoms with Crippen molar-refractivity contribution >= 4 is 17.3 Å². The van der Waals surface area contributed by atoms with Crippen molar-refractivity contribution in [3.8, 4) is 0 Å². The van der Waals surface area contributed by atoms with Crippen molar-refractivity contribution in [1.82, 2.24) is 15.6 Å². The number of aliphatic imine (C=N–C) groups is 1. The maximum Gasteiger partial charge on any atom is 0.191 e. The Bertz CT molecular complexity index is 382. The molecule has 0 aliphatic carbocycles. The van der Waals surface area contributed by atoms with Crippen molar-refractivity contribution in [3.05, 3.63) is 16.1 Å². The van der Waals surface area contributed by atoms with E-state index in [0.29, 0.717) is 32.9 Å². The maximum absolute atomic E-state index is 5.35. The molecule has 108 valence electrons. The minimum absolute atomic E-state index is 0.614. The molecule has 0 unspecified atom stereocenters. The number of methoxy groups -OCH3 is 1. The number of aromatic nitrogens is 1. The van der Waals surface area contributed by atoms with Crippen LogP contribution in [0.1, 0.15) is 9.88 Å². The van der Waals surface area contributed by atoms with E-state index in [-0.39, 0.29) is 0 Å².